The van der Waals surface area contributed by atoms with E-state index in [-0.39, 0.29) is 49.9 Å². The molecule has 0 amide bonds. The minimum absolute atomic E-state index is 0.0213. The van der Waals surface area contributed by atoms with Crippen molar-refractivity contribution in [1.82, 2.24) is 25.1 Å². The minimum Gasteiger partial charge on any atom is -0.463 e. The zero-order chi connectivity index (χ0) is 30.9. The third-order valence-electron chi connectivity index (χ3n) is 8.82. The molecule has 1 saturated heterocycles. The second kappa shape index (κ2) is 10.1. The molecule has 0 bridgehead atoms. The summed E-state index contributed by atoms with van der Waals surface area (Å²) in [4.78, 5) is 14.5. The molecule has 0 radical (unpaired) electrons. The highest BCUT2D eigenvalue weighted by Gasteiger charge is 2.71. The third kappa shape index (κ3) is 5.47. The van der Waals surface area contributed by atoms with Gasteiger partial charge in [0.25, 0.3) is 5.92 Å². The summed E-state index contributed by atoms with van der Waals surface area (Å²) in [5.41, 5.74) is -1.25. The van der Waals surface area contributed by atoms with Crippen LogP contribution in [-0.4, -0.2) is 88.6 Å². The molecule has 1 aliphatic carbocycles. The van der Waals surface area contributed by atoms with E-state index < -0.39 is 28.7 Å². The average Bonchev–Trinajstić information content (AvgIpc) is 3.18. The summed E-state index contributed by atoms with van der Waals surface area (Å²) in [6, 6.07) is 1.34. The molecule has 2 fully saturated rings. The maximum atomic E-state index is 14.5. The molecule has 43 heavy (non-hydrogen) atoms. The molecule has 14 heteroatoms. The molecule has 1 saturated carbocycles. The van der Waals surface area contributed by atoms with E-state index in [0.29, 0.717) is 54.8 Å². The summed E-state index contributed by atoms with van der Waals surface area (Å²) in [5, 5.41) is 17.9. The molecule has 2 N–H and O–H groups in total. The van der Waals surface area contributed by atoms with Crippen molar-refractivity contribution in [2.45, 2.75) is 63.8 Å². The smallest absolute Gasteiger partial charge is 0.418 e. The van der Waals surface area contributed by atoms with Gasteiger partial charge in [0.15, 0.2) is 0 Å². The van der Waals surface area contributed by atoms with Gasteiger partial charge in [0.2, 0.25) is 0 Å². The summed E-state index contributed by atoms with van der Waals surface area (Å²) >= 11 is 0. The molecule has 0 spiro atoms. The van der Waals surface area contributed by atoms with Crippen LogP contribution in [0.1, 0.15) is 48.6 Å². The van der Waals surface area contributed by atoms with Crippen LogP contribution in [0.25, 0.3) is 10.9 Å². The predicted octanol–water partition coefficient (Wildman–Crippen LogP) is 4.56. The predicted molar refractivity (Wildman–Crippen MR) is 151 cm³/mol. The monoisotopic (exact) mass is 609 g/mol. The summed E-state index contributed by atoms with van der Waals surface area (Å²) in [7, 11) is 3.44. The third-order valence-corrected chi connectivity index (χ3v) is 8.82. The zero-order valence-corrected chi connectivity index (χ0v) is 24.7. The Balaban J connectivity index is 1.40. The van der Waals surface area contributed by atoms with E-state index in [2.05, 4.69) is 20.2 Å². The molecule has 2 aromatic heterocycles. The number of fused-ring (bicyclic) bond motifs is 2. The van der Waals surface area contributed by atoms with Gasteiger partial charge in [-0.15, -0.1) is 0 Å². The van der Waals surface area contributed by atoms with Crippen molar-refractivity contribution in [1.29, 1.82) is 0 Å². The number of piperidine rings is 1. The Kier molecular flexibility index (Phi) is 7.03. The lowest BCUT2D eigenvalue weighted by Crippen LogP contribution is -2.47. The van der Waals surface area contributed by atoms with Crippen LogP contribution in [-0.2, 0) is 19.1 Å². The minimum atomic E-state index is -4.61. The van der Waals surface area contributed by atoms with Crippen LogP contribution in [0.15, 0.2) is 12.3 Å². The van der Waals surface area contributed by atoms with Crippen molar-refractivity contribution < 1.29 is 31.8 Å². The van der Waals surface area contributed by atoms with Gasteiger partial charge in [0, 0.05) is 43.5 Å². The summed E-state index contributed by atoms with van der Waals surface area (Å²) < 4.78 is 78.0. The number of aryl methyl sites for hydroxylation is 1. The van der Waals surface area contributed by atoms with Crippen LogP contribution in [0.5, 0.6) is 6.01 Å². The highest BCUT2D eigenvalue weighted by Crippen LogP contribution is 2.60. The van der Waals surface area contributed by atoms with Crippen LogP contribution >= 0.6 is 0 Å². The number of benzene rings is 1. The van der Waals surface area contributed by atoms with E-state index in [1.165, 1.54) is 19.2 Å². The largest absolute Gasteiger partial charge is 0.463 e. The van der Waals surface area contributed by atoms with Gasteiger partial charge in [-0.1, -0.05) is 0 Å². The van der Waals surface area contributed by atoms with Gasteiger partial charge in [0.05, 0.1) is 46.2 Å². The molecule has 1 aromatic carbocycles. The first-order chi connectivity index (χ1) is 20.1. The Labute approximate surface area is 246 Å². The molecule has 2 atom stereocenters. The number of rotatable bonds is 7. The zero-order valence-electron chi connectivity index (χ0n) is 24.7. The number of H-pyrrole nitrogens is 1. The van der Waals surface area contributed by atoms with E-state index in [9.17, 15) is 27.1 Å². The first-order valence-electron chi connectivity index (χ1n) is 14.4. The molecule has 4 heterocycles. The standard InChI is InChI=1S/C29H36F5N7O2/c1-17-10-20-19(11-35-38-20)23(22(17)29(32,33)34)40-9-6-18-21(12-40)36-25(37-24(18)41-8-5-7-26(2,42)14-41)43-16-27(15-39(3)4)13-28(27,30)31/h10-11,42H,5-9,12-16H2,1-4H3,(H,35,38)/t26-,27-/m1/s1. The number of anilines is 2. The number of ether oxygens (including phenoxy) is 1. The van der Waals surface area contributed by atoms with Crippen LogP contribution in [0, 0.1) is 12.3 Å². The molecule has 234 valence electrons. The SMILES string of the molecule is Cc1cc2[nH]ncc2c(N2CCc3c(nc(OC[C@]4(CN(C)C)CC4(F)F)nc3N3CCC[C@@](C)(O)C3)C2)c1C(F)(F)F. The number of nitrogens with zero attached hydrogens (tertiary/aromatic N) is 6. The van der Waals surface area contributed by atoms with E-state index in [1.807, 2.05) is 4.90 Å². The highest BCUT2D eigenvalue weighted by atomic mass is 19.4. The lowest BCUT2D eigenvalue weighted by Gasteiger charge is -2.40. The lowest BCUT2D eigenvalue weighted by atomic mass is 9.94. The molecule has 9 nitrogen and oxygen atoms in total. The number of aromatic amines is 1. The van der Waals surface area contributed by atoms with Gasteiger partial charge in [-0.25, -0.2) is 8.78 Å². The van der Waals surface area contributed by atoms with Gasteiger partial charge >= 0.3 is 12.2 Å². The van der Waals surface area contributed by atoms with E-state index in [4.69, 9.17) is 4.74 Å². The molecule has 2 aliphatic heterocycles. The number of nitrogens with one attached hydrogen (secondary N) is 1. The fourth-order valence-electron chi connectivity index (χ4n) is 6.76. The van der Waals surface area contributed by atoms with Gasteiger partial charge in [-0.05, 0) is 58.8 Å². The van der Waals surface area contributed by atoms with Gasteiger partial charge in [-0.2, -0.15) is 28.2 Å². The number of alkyl halides is 5. The molecular formula is C29H36F5N7O2. The van der Waals surface area contributed by atoms with Crippen molar-refractivity contribution in [3.05, 3.63) is 34.6 Å². The molecule has 6 rings (SSSR count). The van der Waals surface area contributed by atoms with Crippen molar-refractivity contribution in [3.8, 4) is 6.01 Å². The summed E-state index contributed by atoms with van der Waals surface area (Å²) in [5.74, 6) is -2.36. The van der Waals surface area contributed by atoms with Crippen LogP contribution in [0.3, 0.4) is 0 Å². The van der Waals surface area contributed by atoms with Crippen LogP contribution in [0.2, 0.25) is 0 Å². The van der Waals surface area contributed by atoms with Crippen LogP contribution < -0.4 is 14.5 Å². The maximum absolute atomic E-state index is 14.5. The number of aromatic nitrogens is 4. The average molecular weight is 610 g/mol. The molecular weight excluding hydrogens is 573 g/mol. The topological polar surface area (TPSA) is 93.6 Å². The summed E-state index contributed by atoms with van der Waals surface area (Å²) in [6.45, 7) is 4.19. The molecule has 0 unspecified atom stereocenters. The normalized spacial score (nSPS) is 25.4. The Morgan fingerprint density at radius 3 is 2.56 bits per heavy atom. The Morgan fingerprint density at radius 1 is 1.16 bits per heavy atom. The van der Waals surface area contributed by atoms with Gasteiger partial charge < -0.3 is 24.5 Å². The van der Waals surface area contributed by atoms with Crippen LogP contribution in [0.4, 0.5) is 33.5 Å². The maximum Gasteiger partial charge on any atom is 0.418 e. The van der Waals surface area contributed by atoms with E-state index >= 15 is 0 Å². The van der Waals surface area contributed by atoms with Crippen molar-refractivity contribution in [2.75, 3.05) is 56.7 Å². The number of β-amino-alcohol motifs (C(OH)–C–C–N with tert-alkyl or cyclic N) is 1. The van der Waals surface area contributed by atoms with Crippen molar-refractivity contribution in [3.63, 3.8) is 0 Å². The lowest BCUT2D eigenvalue weighted by molar-refractivity contribution is -0.137. The number of halogens is 5. The Bertz CT molecular complexity index is 1540. The quantitative estimate of drug-likeness (QED) is 0.377. The van der Waals surface area contributed by atoms with Gasteiger partial charge in [-0.3, -0.25) is 5.10 Å². The fourth-order valence-corrected chi connectivity index (χ4v) is 6.76. The van der Waals surface area contributed by atoms with Crippen molar-refractivity contribution >= 4 is 22.4 Å². The first kappa shape index (κ1) is 29.8. The Morgan fingerprint density at radius 2 is 1.91 bits per heavy atom. The summed E-state index contributed by atoms with van der Waals surface area (Å²) in [6.07, 6.45) is -1.85. The highest BCUT2D eigenvalue weighted by molar-refractivity contribution is 5.95. The molecule has 3 aliphatic rings. The van der Waals surface area contributed by atoms with Crippen molar-refractivity contribution in [2.24, 2.45) is 5.41 Å². The fraction of sp³-hybridized carbons (Fsp3) is 0.621. The number of hydrogen-bond acceptors (Lipinski definition) is 8. The number of hydrogen-bond donors (Lipinski definition) is 2. The number of aliphatic hydroxyl groups is 1. The first-order valence-corrected chi connectivity index (χ1v) is 14.4. The molecule has 3 aromatic rings. The van der Waals surface area contributed by atoms with E-state index in [1.54, 1.807) is 30.8 Å². The Hall–Kier alpha value is -3.26. The second-order valence-corrected chi connectivity index (χ2v) is 12.9. The van der Waals surface area contributed by atoms with Gasteiger partial charge in [0.1, 0.15) is 12.4 Å². The second-order valence-electron chi connectivity index (χ2n) is 12.9. The van der Waals surface area contributed by atoms with E-state index in [0.717, 1.165) is 5.56 Å².